The topological polar surface area (TPSA) is 113 Å². The van der Waals surface area contributed by atoms with Crippen molar-refractivity contribution in [3.8, 4) is 0 Å². The standard InChI is InChI=1S/C11H12N4O4/c1-6-3-13-11(12)15(9(6)16)4-7-5-19-14-8(7)10(17)18-2/h3,5H,4H2,1-2H3,(H2,12,13). The molecule has 2 heterocycles. The van der Waals surface area contributed by atoms with E-state index in [1.807, 2.05) is 0 Å². The molecule has 8 nitrogen and oxygen atoms in total. The van der Waals surface area contributed by atoms with Gasteiger partial charge in [-0.25, -0.2) is 9.78 Å². The lowest BCUT2D eigenvalue weighted by Gasteiger charge is -2.08. The zero-order valence-electron chi connectivity index (χ0n) is 10.4. The Labute approximate surface area is 107 Å². The number of nitrogens with zero attached hydrogens (tertiary/aromatic N) is 3. The van der Waals surface area contributed by atoms with Crippen LogP contribution < -0.4 is 11.3 Å². The Morgan fingerprint density at radius 3 is 3.00 bits per heavy atom. The van der Waals surface area contributed by atoms with Crippen LogP contribution in [-0.4, -0.2) is 27.8 Å². The maximum atomic E-state index is 11.9. The quantitative estimate of drug-likeness (QED) is 0.773. The number of aromatic nitrogens is 3. The van der Waals surface area contributed by atoms with Gasteiger partial charge in [-0.05, 0) is 6.92 Å². The van der Waals surface area contributed by atoms with E-state index in [0.717, 1.165) is 0 Å². The molecule has 0 aliphatic rings. The van der Waals surface area contributed by atoms with E-state index in [-0.39, 0.29) is 23.7 Å². The summed E-state index contributed by atoms with van der Waals surface area (Å²) in [4.78, 5) is 27.3. The smallest absolute Gasteiger partial charge is 0.360 e. The predicted octanol–water partition coefficient (Wildman–Crippen LogP) is -0.0432. The zero-order valence-corrected chi connectivity index (χ0v) is 10.4. The summed E-state index contributed by atoms with van der Waals surface area (Å²) in [6, 6.07) is 0. The molecule has 0 spiro atoms. The predicted molar refractivity (Wildman–Crippen MR) is 64.6 cm³/mol. The molecule has 0 aliphatic carbocycles. The summed E-state index contributed by atoms with van der Waals surface area (Å²) in [6.07, 6.45) is 2.66. The van der Waals surface area contributed by atoms with E-state index < -0.39 is 5.97 Å². The molecule has 0 saturated carbocycles. The van der Waals surface area contributed by atoms with Crippen LogP contribution in [0.15, 0.2) is 21.8 Å². The van der Waals surface area contributed by atoms with Crippen molar-refractivity contribution >= 4 is 11.9 Å². The molecule has 2 aromatic heterocycles. The second-order valence-electron chi connectivity index (χ2n) is 3.87. The molecule has 0 amide bonds. The number of anilines is 1. The number of nitrogen functional groups attached to an aromatic ring is 1. The van der Waals surface area contributed by atoms with Gasteiger partial charge in [0.05, 0.1) is 13.7 Å². The molecule has 0 atom stereocenters. The first-order chi connectivity index (χ1) is 9.04. The van der Waals surface area contributed by atoms with E-state index in [1.54, 1.807) is 6.92 Å². The SMILES string of the molecule is COC(=O)c1nocc1Cn1c(N)ncc(C)c1=O. The van der Waals surface area contributed by atoms with Gasteiger partial charge in [-0.15, -0.1) is 0 Å². The fraction of sp³-hybridized carbons (Fsp3) is 0.273. The van der Waals surface area contributed by atoms with E-state index in [4.69, 9.17) is 10.3 Å². The van der Waals surface area contributed by atoms with Gasteiger partial charge in [0.25, 0.3) is 5.56 Å². The Morgan fingerprint density at radius 1 is 1.58 bits per heavy atom. The van der Waals surface area contributed by atoms with Crippen molar-refractivity contribution in [3.05, 3.63) is 39.6 Å². The van der Waals surface area contributed by atoms with Crippen LogP contribution >= 0.6 is 0 Å². The van der Waals surface area contributed by atoms with E-state index >= 15 is 0 Å². The Bertz CT molecular complexity index is 674. The Balaban J connectivity index is 2.43. The first-order valence-corrected chi connectivity index (χ1v) is 5.38. The van der Waals surface area contributed by atoms with Gasteiger partial charge in [-0.1, -0.05) is 5.16 Å². The second kappa shape index (κ2) is 4.92. The third-order valence-corrected chi connectivity index (χ3v) is 2.60. The number of rotatable bonds is 3. The van der Waals surface area contributed by atoms with Crippen molar-refractivity contribution in [3.63, 3.8) is 0 Å². The lowest BCUT2D eigenvalue weighted by Crippen LogP contribution is -2.26. The number of methoxy groups -OCH3 is 1. The number of hydrogen-bond donors (Lipinski definition) is 1. The van der Waals surface area contributed by atoms with Crippen molar-refractivity contribution in [1.82, 2.24) is 14.7 Å². The first-order valence-electron chi connectivity index (χ1n) is 5.38. The van der Waals surface area contributed by atoms with Crippen LogP contribution in [-0.2, 0) is 11.3 Å². The van der Waals surface area contributed by atoms with Gasteiger partial charge in [0, 0.05) is 17.3 Å². The van der Waals surface area contributed by atoms with Crippen LogP contribution in [0, 0.1) is 6.92 Å². The third-order valence-electron chi connectivity index (χ3n) is 2.60. The zero-order chi connectivity index (χ0) is 14.0. The van der Waals surface area contributed by atoms with Gasteiger partial charge in [0.15, 0.2) is 5.69 Å². The number of carbonyl (C=O) groups excluding carboxylic acids is 1. The van der Waals surface area contributed by atoms with Gasteiger partial charge in [0.1, 0.15) is 6.26 Å². The van der Waals surface area contributed by atoms with Crippen LogP contribution in [0.3, 0.4) is 0 Å². The average molecular weight is 264 g/mol. The number of aryl methyl sites for hydroxylation is 1. The first kappa shape index (κ1) is 12.8. The van der Waals surface area contributed by atoms with Crippen molar-refractivity contribution in [2.45, 2.75) is 13.5 Å². The number of hydrogen-bond acceptors (Lipinski definition) is 7. The Hall–Kier alpha value is -2.64. The largest absolute Gasteiger partial charge is 0.464 e. The minimum atomic E-state index is -0.643. The van der Waals surface area contributed by atoms with E-state index in [1.165, 1.54) is 24.1 Å². The summed E-state index contributed by atoms with van der Waals surface area (Å²) in [7, 11) is 1.23. The van der Waals surface area contributed by atoms with Gasteiger partial charge >= 0.3 is 5.97 Å². The molecule has 2 aromatic rings. The normalized spacial score (nSPS) is 10.4. The molecule has 0 fully saturated rings. The molecule has 0 radical (unpaired) electrons. The molecule has 0 saturated heterocycles. The fourth-order valence-corrected chi connectivity index (χ4v) is 1.56. The van der Waals surface area contributed by atoms with E-state index in [2.05, 4.69) is 14.9 Å². The number of nitrogens with two attached hydrogens (primary N) is 1. The molecule has 19 heavy (non-hydrogen) atoms. The van der Waals surface area contributed by atoms with Crippen LogP contribution in [0.2, 0.25) is 0 Å². The average Bonchev–Trinajstić information content (AvgIpc) is 2.86. The molecule has 100 valence electrons. The molecule has 2 rings (SSSR count). The van der Waals surface area contributed by atoms with E-state index in [0.29, 0.717) is 11.1 Å². The molecular formula is C11H12N4O4. The number of carbonyl (C=O) groups is 1. The molecular weight excluding hydrogens is 252 g/mol. The monoisotopic (exact) mass is 264 g/mol. The van der Waals surface area contributed by atoms with Gasteiger partial charge < -0.3 is 15.0 Å². The Kier molecular flexibility index (Phi) is 3.32. The summed E-state index contributed by atoms with van der Waals surface area (Å²) in [6.45, 7) is 1.66. The fourth-order valence-electron chi connectivity index (χ4n) is 1.56. The molecule has 0 aliphatic heterocycles. The van der Waals surface area contributed by atoms with Crippen molar-refractivity contribution < 1.29 is 14.1 Å². The highest BCUT2D eigenvalue weighted by Crippen LogP contribution is 2.11. The summed E-state index contributed by atoms with van der Waals surface area (Å²) < 4.78 is 10.5. The summed E-state index contributed by atoms with van der Waals surface area (Å²) >= 11 is 0. The third kappa shape index (κ3) is 2.32. The highest BCUT2D eigenvalue weighted by atomic mass is 16.5. The molecule has 0 aromatic carbocycles. The van der Waals surface area contributed by atoms with Crippen LogP contribution in [0.25, 0.3) is 0 Å². The van der Waals surface area contributed by atoms with Gasteiger partial charge in [0.2, 0.25) is 5.95 Å². The van der Waals surface area contributed by atoms with Gasteiger partial charge in [-0.2, -0.15) is 0 Å². The molecule has 8 heteroatoms. The maximum absolute atomic E-state index is 11.9. The van der Waals surface area contributed by atoms with Crippen molar-refractivity contribution in [2.75, 3.05) is 12.8 Å². The minimum absolute atomic E-state index is 0.00954. The summed E-state index contributed by atoms with van der Waals surface area (Å²) in [5.41, 5.74) is 6.22. The van der Waals surface area contributed by atoms with Crippen molar-refractivity contribution in [1.29, 1.82) is 0 Å². The summed E-state index contributed by atoms with van der Waals surface area (Å²) in [5, 5.41) is 3.54. The molecule has 0 bridgehead atoms. The lowest BCUT2D eigenvalue weighted by atomic mass is 10.2. The molecule has 0 unspecified atom stereocenters. The highest BCUT2D eigenvalue weighted by molar-refractivity contribution is 5.88. The Morgan fingerprint density at radius 2 is 2.32 bits per heavy atom. The maximum Gasteiger partial charge on any atom is 0.360 e. The second-order valence-corrected chi connectivity index (χ2v) is 3.87. The number of esters is 1. The highest BCUT2D eigenvalue weighted by Gasteiger charge is 2.18. The van der Waals surface area contributed by atoms with Gasteiger partial charge in [-0.3, -0.25) is 9.36 Å². The minimum Gasteiger partial charge on any atom is -0.464 e. The lowest BCUT2D eigenvalue weighted by molar-refractivity contribution is 0.0588. The van der Waals surface area contributed by atoms with Crippen molar-refractivity contribution in [2.24, 2.45) is 0 Å². The van der Waals surface area contributed by atoms with Crippen LogP contribution in [0.1, 0.15) is 21.6 Å². The van der Waals surface area contributed by atoms with E-state index in [9.17, 15) is 9.59 Å². The van der Waals surface area contributed by atoms with Crippen LogP contribution in [0.4, 0.5) is 5.95 Å². The molecule has 2 N–H and O–H groups in total. The summed E-state index contributed by atoms with van der Waals surface area (Å²) in [5.74, 6) is -0.594. The van der Waals surface area contributed by atoms with Crippen LogP contribution in [0.5, 0.6) is 0 Å². The number of ether oxygens (including phenoxy) is 1.